The third-order valence-electron chi connectivity index (χ3n) is 3.23. The zero-order chi connectivity index (χ0) is 11.5. The zero-order valence-electron chi connectivity index (χ0n) is 9.67. The van der Waals surface area contributed by atoms with Crippen molar-refractivity contribution in [2.45, 2.75) is 31.7 Å². The van der Waals surface area contributed by atoms with Crippen LogP contribution in [0.5, 0.6) is 0 Å². The van der Waals surface area contributed by atoms with Crippen molar-refractivity contribution in [1.29, 1.82) is 0 Å². The Balaban J connectivity index is 1.82. The Hall–Kier alpha value is -0.600. The Morgan fingerprint density at radius 2 is 2.25 bits per heavy atom. The summed E-state index contributed by atoms with van der Waals surface area (Å²) in [6, 6.07) is 9.54. The molecule has 0 aromatic heterocycles. The fraction of sp³-hybridized carbons (Fsp3) is 0.429. The van der Waals surface area contributed by atoms with Gasteiger partial charge in [0.05, 0.1) is 0 Å². The van der Waals surface area contributed by atoms with Gasteiger partial charge in [0.2, 0.25) is 0 Å². The van der Waals surface area contributed by atoms with Crippen molar-refractivity contribution in [3.63, 3.8) is 0 Å². The van der Waals surface area contributed by atoms with Gasteiger partial charge in [0, 0.05) is 17.1 Å². The molecule has 0 heterocycles. The van der Waals surface area contributed by atoms with Crippen LogP contribution in [0.2, 0.25) is 0 Å². The van der Waals surface area contributed by atoms with E-state index in [4.69, 9.17) is 0 Å². The molecule has 2 rings (SSSR count). The van der Waals surface area contributed by atoms with Crippen molar-refractivity contribution in [1.82, 2.24) is 5.32 Å². The molecule has 0 aliphatic heterocycles. The van der Waals surface area contributed by atoms with Gasteiger partial charge in [-0.15, -0.1) is 0 Å². The van der Waals surface area contributed by atoms with E-state index < -0.39 is 0 Å². The van der Waals surface area contributed by atoms with Crippen LogP contribution in [0.15, 0.2) is 35.3 Å². The van der Waals surface area contributed by atoms with Crippen LogP contribution in [-0.4, -0.2) is 12.6 Å². The molecule has 0 unspecified atom stereocenters. The first kappa shape index (κ1) is 11.9. The van der Waals surface area contributed by atoms with Crippen molar-refractivity contribution in [2.75, 3.05) is 6.54 Å². The minimum Gasteiger partial charge on any atom is -0.309 e. The molecule has 0 radical (unpaired) electrons. The molecule has 1 N–H and O–H groups in total. The standard InChI is InChI=1S/C14H18BrN/c1-10-4-3-5-12(6-10)13-7-14(8-13)16-9-11(2)15/h3-6,13-14,16H,2,7-9H2,1H3. The number of rotatable bonds is 4. The second-order valence-corrected chi connectivity index (χ2v) is 5.80. The molecule has 1 nitrogen and oxygen atoms in total. The summed E-state index contributed by atoms with van der Waals surface area (Å²) in [7, 11) is 0. The molecule has 0 bridgehead atoms. The van der Waals surface area contributed by atoms with Gasteiger partial charge in [-0.1, -0.05) is 52.3 Å². The Morgan fingerprint density at radius 3 is 2.88 bits per heavy atom. The summed E-state index contributed by atoms with van der Waals surface area (Å²) >= 11 is 3.37. The topological polar surface area (TPSA) is 12.0 Å². The molecule has 1 aromatic carbocycles. The predicted molar refractivity (Wildman–Crippen MR) is 73.0 cm³/mol. The number of benzene rings is 1. The highest BCUT2D eigenvalue weighted by atomic mass is 79.9. The molecule has 86 valence electrons. The van der Waals surface area contributed by atoms with E-state index in [9.17, 15) is 0 Å². The average molecular weight is 280 g/mol. The number of hydrogen-bond acceptors (Lipinski definition) is 1. The fourth-order valence-corrected chi connectivity index (χ4v) is 2.40. The summed E-state index contributed by atoms with van der Waals surface area (Å²) < 4.78 is 1.03. The number of hydrogen-bond donors (Lipinski definition) is 1. The monoisotopic (exact) mass is 279 g/mol. The summed E-state index contributed by atoms with van der Waals surface area (Å²) in [6.45, 7) is 6.87. The third kappa shape index (κ3) is 2.96. The molecule has 1 aliphatic rings. The lowest BCUT2D eigenvalue weighted by Gasteiger charge is -2.36. The van der Waals surface area contributed by atoms with Gasteiger partial charge in [0.25, 0.3) is 0 Å². The normalized spacial score (nSPS) is 23.9. The maximum absolute atomic E-state index is 3.83. The van der Waals surface area contributed by atoms with Crippen LogP contribution in [0.1, 0.15) is 29.9 Å². The van der Waals surface area contributed by atoms with E-state index in [1.807, 2.05) is 0 Å². The van der Waals surface area contributed by atoms with Gasteiger partial charge >= 0.3 is 0 Å². The smallest absolute Gasteiger partial charge is 0.0268 e. The lowest BCUT2D eigenvalue weighted by Crippen LogP contribution is -2.40. The molecule has 1 fully saturated rings. The summed E-state index contributed by atoms with van der Waals surface area (Å²) in [4.78, 5) is 0. The van der Waals surface area contributed by atoms with Crippen molar-refractivity contribution < 1.29 is 0 Å². The molecule has 2 heteroatoms. The van der Waals surface area contributed by atoms with Crippen molar-refractivity contribution >= 4 is 15.9 Å². The fourth-order valence-electron chi connectivity index (χ4n) is 2.24. The van der Waals surface area contributed by atoms with E-state index in [1.165, 1.54) is 24.0 Å². The number of nitrogens with one attached hydrogen (secondary N) is 1. The van der Waals surface area contributed by atoms with Crippen molar-refractivity contribution in [3.05, 3.63) is 46.5 Å². The van der Waals surface area contributed by atoms with Gasteiger partial charge in [0.1, 0.15) is 0 Å². The van der Waals surface area contributed by atoms with E-state index in [0.29, 0.717) is 6.04 Å². The SMILES string of the molecule is C=C(Br)CNC1CC(c2cccc(C)c2)C1. The maximum atomic E-state index is 3.83. The Bertz CT molecular complexity index is 380. The maximum Gasteiger partial charge on any atom is 0.0268 e. The lowest BCUT2D eigenvalue weighted by molar-refractivity contribution is 0.299. The summed E-state index contributed by atoms with van der Waals surface area (Å²) in [6.07, 6.45) is 2.51. The van der Waals surface area contributed by atoms with Crippen molar-refractivity contribution in [2.24, 2.45) is 0 Å². The van der Waals surface area contributed by atoms with Crippen LogP contribution in [0.4, 0.5) is 0 Å². The predicted octanol–water partition coefficient (Wildman–Crippen LogP) is 3.74. The molecule has 0 spiro atoms. The lowest BCUT2D eigenvalue weighted by atomic mass is 9.75. The van der Waals surface area contributed by atoms with Gasteiger partial charge in [-0.05, 0) is 31.2 Å². The van der Waals surface area contributed by atoms with Gasteiger partial charge in [-0.2, -0.15) is 0 Å². The molecule has 1 saturated carbocycles. The highest BCUT2D eigenvalue weighted by Gasteiger charge is 2.29. The van der Waals surface area contributed by atoms with Gasteiger partial charge in [-0.25, -0.2) is 0 Å². The Labute approximate surface area is 106 Å². The highest BCUT2D eigenvalue weighted by molar-refractivity contribution is 9.11. The van der Waals surface area contributed by atoms with E-state index in [2.05, 4.69) is 59.0 Å². The van der Waals surface area contributed by atoms with E-state index in [1.54, 1.807) is 0 Å². The second kappa shape index (κ2) is 5.15. The van der Waals surface area contributed by atoms with E-state index in [-0.39, 0.29) is 0 Å². The largest absolute Gasteiger partial charge is 0.309 e. The van der Waals surface area contributed by atoms with Crippen molar-refractivity contribution in [3.8, 4) is 0 Å². The minimum absolute atomic E-state index is 0.666. The average Bonchev–Trinajstić information content (AvgIpc) is 2.14. The summed E-state index contributed by atoms with van der Waals surface area (Å²) in [5.41, 5.74) is 2.86. The van der Waals surface area contributed by atoms with Crippen LogP contribution >= 0.6 is 15.9 Å². The molecular formula is C14H18BrN. The van der Waals surface area contributed by atoms with Gasteiger partial charge in [0.15, 0.2) is 0 Å². The van der Waals surface area contributed by atoms with Gasteiger partial charge < -0.3 is 5.32 Å². The number of halogens is 1. The minimum atomic E-state index is 0.666. The molecule has 0 amide bonds. The first-order valence-corrected chi connectivity index (χ1v) is 6.57. The van der Waals surface area contributed by atoms with Gasteiger partial charge in [-0.3, -0.25) is 0 Å². The van der Waals surface area contributed by atoms with Crippen LogP contribution in [0, 0.1) is 6.92 Å². The quantitative estimate of drug-likeness (QED) is 0.886. The Morgan fingerprint density at radius 1 is 1.50 bits per heavy atom. The second-order valence-electron chi connectivity index (χ2n) is 4.68. The van der Waals surface area contributed by atoms with Crippen LogP contribution in [0.3, 0.4) is 0 Å². The number of aryl methyl sites for hydroxylation is 1. The summed E-state index contributed by atoms with van der Waals surface area (Å²) in [5.74, 6) is 0.751. The first-order chi connectivity index (χ1) is 7.65. The van der Waals surface area contributed by atoms with E-state index in [0.717, 1.165) is 16.9 Å². The molecule has 1 aromatic rings. The summed E-state index contributed by atoms with van der Waals surface area (Å²) in [5, 5.41) is 3.49. The highest BCUT2D eigenvalue weighted by Crippen LogP contribution is 2.37. The molecule has 0 saturated heterocycles. The third-order valence-corrected chi connectivity index (χ3v) is 3.51. The Kier molecular flexibility index (Phi) is 3.82. The molecule has 0 atom stereocenters. The van der Waals surface area contributed by atoms with E-state index >= 15 is 0 Å². The van der Waals surface area contributed by atoms with Crippen LogP contribution < -0.4 is 5.32 Å². The first-order valence-electron chi connectivity index (χ1n) is 5.78. The molecule has 16 heavy (non-hydrogen) atoms. The zero-order valence-corrected chi connectivity index (χ0v) is 11.3. The molecule has 1 aliphatic carbocycles. The van der Waals surface area contributed by atoms with Crippen LogP contribution in [-0.2, 0) is 0 Å². The van der Waals surface area contributed by atoms with Crippen LogP contribution in [0.25, 0.3) is 0 Å². The molecular weight excluding hydrogens is 262 g/mol.